The van der Waals surface area contributed by atoms with Crippen molar-refractivity contribution >= 4 is 49.5 Å². The first-order chi connectivity index (χ1) is 15.0. The summed E-state index contributed by atoms with van der Waals surface area (Å²) in [7, 11) is 0. The molecule has 0 unspecified atom stereocenters. The zero-order chi connectivity index (χ0) is 22.0. The number of carbonyl (C=O) groups excluding carboxylic acids is 2. The summed E-state index contributed by atoms with van der Waals surface area (Å²) < 4.78 is 13.5. The summed E-state index contributed by atoms with van der Waals surface area (Å²) in [6.45, 7) is 2.71. The van der Waals surface area contributed by atoms with Gasteiger partial charge in [-0.25, -0.2) is 0 Å². The van der Waals surface area contributed by atoms with Gasteiger partial charge in [0.25, 0.3) is 0 Å². The van der Waals surface area contributed by atoms with Crippen molar-refractivity contribution in [1.82, 2.24) is 0 Å². The second-order valence-electron chi connectivity index (χ2n) is 6.94. The Kier molecular flexibility index (Phi) is 6.39. The van der Waals surface area contributed by atoms with Crippen LogP contribution in [0.5, 0.6) is 11.5 Å². The Morgan fingerprint density at radius 1 is 0.871 bits per heavy atom. The fourth-order valence-electron chi connectivity index (χ4n) is 3.38. The number of allylic oxidation sites excluding steroid dienone is 1. The van der Waals surface area contributed by atoms with Crippen LogP contribution in [0.1, 0.15) is 38.8 Å². The van der Waals surface area contributed by atoms with E-state index in [1.165, 1.54) is 0 Å². The quantitative estimate of drug-likeness (QED) is 0.259. The maximum Gasteiger partial charge on any atom is 0.197 e. The predicted octanol–water partition coefficient (Wildman–Crippen LogP) is 6.65. The van der Waals surface area contributed by atoms with Crippen molar-refractivity contribution in [2.45, 2.75) is 13.5 Å². The summed E-state index contributed by atoms with van der Waals surface area (Å²) in [6, 6.07) is 18.3. The second kappa shape index (κ2) is 9.20. The highest BCUT2D eigenvalue weighted by Gasteiger charge is 2.32. The minimum Gasteiger partial charge on any atom is -0.490 e. The van der Waals surface area contributed by atoms with E-state index >= 15 is 0 Å². The number of Topliss-reactive ketones (excluding diaryl/α,β-unsaturated/α-hetero) is 2. The Hall–Kier alpha value is -2.70. The van der Waals surface area contributed by atoms with Crippen LogP contribution in [0.15, 0.2) is 75.2 Å². The zero-order valence-electron chi connectivity index (χ0n) is 16.7. The number of carbonyl (C=O) groups is 2. The summed E-state index contributed by atoms with van der Waals surface area (Å²) in [6.07, 6.45) is 1.61. The van der Waals surface area contributed by atoms with Crippen molar-refractivity contribution in [1.29, 1.82) is 0 Å². The molecule has 4 nitrogen and oxygen atoms in total. The van der Waals surface area contributed by atoms with Gasteiger partial charge >= 0.3 is 0 Å². The summed E-state index contributed by atoms with van der Waals surface area (Å²) in [5.74, 6) is 0.589. The van der Waals surface area contributed by atoms with Gasteiger partial charge in [-0.05, 0) is 64.3 Å². The van der Waals surface area contributed by atoms with Crippen LogP contribution in [-0.2, 0) is 6.61 Å². The lowest BCUT2D eigenvalue weighted by atomic mass is 10.1. The standard InChI is InChI=1S/C25H18Br2O4/c1-2-30-22-13-16(11-20-23(28)18-5-3-4-6-19(18)24(20)29)12-21(27)25(22)31-14-15-7-9-17(26)10-8-15/h3-13H,2,14H2,1H3. The van der Waals surface area contributed by atoms with Gasteiger partial charge in [0.15, 0.2) is 23.1 Å². The SMILES string of the molecule is CCOc1cc(C=C2C(=O)c3ccccc3C2=O)cc(Br)c1OCc1ccc(Br)cc1. The molecule has 3 aromatic rings. The lowest BCUT2D eigenvalue weighted by Crippen LogP contribution is -2.02. The third kappa shape index (κ3) is 4.50. The molecule has 0 amide bonds. The average molecular weight is 542 g/mol. The number of halogens is 2. The van der Waals surface area contributed by atoms with Crippen LogP contribution in [-0.4, -0.2) is 18.2 Å². The van der Waals surface area contributed by atoms with Crippen molar-refractivity contribution in [3.8, 4) is 11.5 Å². The highest BCUT2D eigenvalue weighted by atomic mass is 79.9. The van der Waals surface area contributed by atoms with E-state index in [0.717, 1.165) is 10.0 Å². The van der Waals surface area contributed by atoms with Crippen LogP contribution < -0.4 is 9.47 Å². The van der Waals surface area contributed by atoms with E-state index in [0.29, 0.717) is 45.9 Å². The van der Waals surface area contributed by atoms with Gasteiger partial charge in [-0.1, -0.05) is 52.3 Å². The van der Waals surface area contributed by atoms with Gasteiger partial charge in [0.05, 0.1) is 16.7 Å². The minimum absolute atomic E-state index is 0.152. The number of fused-ring (bicyclic) bond motifs is 1. The molecule has 0 spiro atoms. The van der Waals surface area contributed by atoms with Gasteiger partial charge < -0.3 is 9.47 Å². The van der Waals surface area contributed by atoms with Crippen molar-refractivity contribution in [2.24, 2.45) is 0 Å². The topological polar surface area (TPSA) is 52.6 Å². The molecule has 31 heavy (non-hydrogen) atoms. The van der Waals surface area contributed by atoms with E-state index < -0.39 is 0 Å². The van der Waals surface area contributed by atoms with Gasteiger partial charge in [-0.15, -0.1) is 0 Å². The van der Waals surface area contributed by atoms with E-state index in [1.807, 2.05) is 37.3 Å². The third-order valence-electron chi connectivity index (χ3n) is 4.84. The molecule has 0 aromatic heterocycles. The molecule has 1 aliphatic carbocycles. The second-order valence-corrected chi connectivity index (χ2v) is 8.71. The van der Waals surface area contributed by atoms with E-state index in [-0.39, 0.29) is 17.1 Å². The first-order valence-corrected chi connectivity index (χ1v) is 11.3. The third-order valence-corrected chi connectivity index (χ3v) is 5.96. The zero-order valence-corrected chi connectivity index (χ0v) is 19.8. The van der Waals surface area contributed by atoms with Crippen LogP contribution in [0, 0.1) is 0 Å². The van der Waals surface area contributed by atoms with Crippen molar-refractivity contribution in [2.75, 3.05) is 6.61 Å². The minimum atomic E-state index is -0.259. The van der Waals surface area contributed by atoms with Gasteiger partial charge in [0.1, 0.15) is 6.61 Å². The Labute approximate surface area is 197 Å². The Morgan fingerprint density at radius 3 is 2.13 bits per heavy atom. The van der Waals surface area contributed by atoms with Gasteiger partial charge in [-0.2, -0.15) is 0 Å². The fraction of sp³-hybridized carbons (Fsp3) is 0.120. The summed E-state index contributed by atoms with van der Waals surface area (Å²) in [5.41, 5.74) is 2.73. The summed E-state index contributed by atoms with van der Waals surface area (Å²) in [4.78, 5) is 25.4. The molecular formula is C25H18Br2O4. The molecular weight excluding hydrogens is 524 g/mol. The number of ether oxygens (including phenoxy) is 2. The molecule has 4 rings (SSSR count). The summed E-state index contributed by atoms with van der Waals surface area (Å²) in [5, 5.41) is 0. The molecule has 156 valence electrons. The fourth-order valence-corrected chi connectivity index (χ4v) is 4.22. The van der Waals surface area contributed by atoms with Gasteiger partial charge in [0, 0.05) is 15.6 Å². The number of ketones is 2. The molecule has 0 saturated carbocycles. The molecule has 3 aromatic carbocycles. The van der Waals surface area contributed by atoms with E-state index in [1.54, 1.807) is 36.4 Å². The lowest BCUT2D eigenvalue weighted by molar-refractivity contribution is 0.0990. The van der Waals surface area contributed by atoms with Crippen molar-refractivity contribution in [3.05, 3.63) is 97.4 Å². The smallest absolute Gasteiger partial charge is 0.197 e. The number of hydrogen-bond donors (Lipinski definition) is 0. The summed E-state index contributed by atoms with van der Waals surface area (Å²) >= 11 is 6.97. The average Bonchev–Trinajstić information content (AvgIpc) is 3.00. The Morgan fingerprint density at radius 2 is 1.52 bits per heavy atom. The van der Waals surface area contributed by atoms with Crippen LogP contribution in [0.4, 0.5) is 0 Å². The highest BCUT2D eigenvalue weighted by molar-refractivity contribution is 9.10. The molecule has 6 heteroatoms. The molecule has 0 saturated heterocycles. The number of rotatable bonds is 6. The molecule has 0 bridgehead atoms. The van der Waals surface area contributed by atoms with E-state index in [2.05, 4.69) is 31.9 Å². The first kappa shape index (κ1) is 21.5. The van der Waals surface area contributed by atoms with E-state index in [4.69, 9.17) is 9.47 Å². The highest BCUT2D eigenvalue weighted by Crippen LogP contribution is 2.39. The lowest BCUT2D eigenvalue weighted by Gasteiger charge is -2.15. The monoisotopic (exact) mass is 540 g/mol. The maximum absolute atomic E-state index is 12.7. The molecule has 0 radical (unpaired) electrons. The Bertz CT molecular complexity index is 1160. The normalized spacial score (nSPS) is 12.7. The molecule has 0 fully saturated rings. The van der Waals surface area contributed by atoms with Gasteiger partial charge in [-0.3, -0.25) is 9.59 Å². The van der Waals surface area contributed by atoms with Crippen LogP contribution in [0.3, 0.4) is 0 Å². The van der Waals surface area contributed by atoms with E-state index in [9.17, 15) is 9.59 Å². The van der Waals surface area contributed by atoms with Crippen molar-refractivity contribution in [3.63, 3.8) is 0 Å². The van der Waals surface area contributed by atoms with Crippen LogP contribution >= 0.6 is 31.9 Å². The molecule has 0 aliphatic heterocycles. The number of benzene rings is 3. The molecule has 0 N–H and O–H groups in total. The maximum atomic E-state index is 12.7. The molecule has 0 heterocycles. The molecule has 1 aliphatic rings. The Balaban J connectivity index is 1.64. The predicted molar refractivity (Wildman–Crippen MR) is 127 cm³/mol. The van der Waals surface area contributed by atoms with Crippen LogP contribution in [0.2, 0.25) is 0 Å². The molecule has 0 atom stereocenters. The van der Waals surface area contributed by atoms with Gasteiger partial charge in [0.2, 0.25) is 0 Å². The van der Waals surface area contributed by atoms with Crippen molar-refractivity contribution < 1.29 is 19.1 Å². The number of hydrogen-bond acceptors (Lipinski definition) is 4. The largest absolute Gasteiger partial charge is 0.490 e. The first-order valence-electron chi connectivity index (χ1n) is 9.71. The van der Waals surface area contributed by atoms with Crippen LogP contribution in [0.25, 0.3) is 6.08 Å².